The summed E-state index contributed by atoms with van der Waals surface area (Å²) in [5, 5.41) is 12.6. The molecule has 3 aromatic rings. The number of amides is 1. The maximum absolute atomic E-state index is 12.2. The molecule has 1 heterocycles. The van der Waals surface area contributed by atoms with Gasteiger partial charge in [-0.2, -0.15) is 0 Å². The monoisotopic (exact) mass is 450 g/mol. The molecule has 0 saturated carbocycles. The number of anilines is 1. The lowest BCUT2D eigenvalue weighted by atomic mass is 10.1. The highest BCUT2D eigenvalue weighted by Crippen LogP contribution is 2.26. The molecular formula is C20H20Cl2N4O2S. The molecule has 0 fully saturated rings. The summed E-state index contributed by atoms with van der Waals surface area (Å²) in [7, 11) is 1.85. The Balaban J connectivity index is 1.56. The molecule has 0 aliphatic heterocycles. The Morgan fingerprint density at radius 1 is 1.21 bits per heavy atom. The number of carbonyl (C=O) groups is 1. The van der Waals surface area contributed by atoms with Gasteiger partial charge >= 0.3 is 0 Å². The largest absolute Gasteiger partial charge is 0.485 e. The number of halogens is 2. The molecule has 0 aliphatic rings. The van der Waals surface area contributed by atoms with E-state index < -0.39 is 0 Å². The smallest absolute Gasteiger partial charge is 0.234 e. The third kappa shape index (κ3) is 5.44. The van der Waals surface area contributed by atoms with Crippen molar-refractivity contribution < 1.29 is 9.53 Å². The SMILES string of the molecule is Cc1cccc(OCc2nnc(SCC(=O)Nc3ccc(Cl)cc3Cl)n2C)c1C. The van der Waals surface area contributed by atoms with E-state index in [0.29, 0.717) is 33.3 Å². The van der Waals surface area contributed by atoms with Crippen molar-refractivity contribution in [2.45, 2.75) is 25.6 Å². The molecule has 0 bridgehead atoms. The lowest BCUT2D eigenvalue weighted by molar-refractivity contribution is -0.113. The molecule has 1 N–H and O–H groups in total. The molecule has 0 spiro atoms. The number of hydrogen-bond donors (Lipinski definition) is 1. The predicted molar refractivity (Wildman–Crippen MR) is 117 cm³/mol. The second kappa shape index (κ2) is 9.52. The Kier molecular flexibility index (Phi) is 7.05. The van der Waals surface area contributed by atoms with Crippen molar-refractivity contribution in [3.63, 3.8) is 0 Å². The number of aromatic nitrogens is 3. The van der Waals surface area contributed by atoms with Crippen LogP contribution >= 0.6 is 35.0 Å². The molecule has 0 unspecified atom stereocenters. The first-order chi connectivity index (χ1) is 13.8. The van der Waals surface area contributed by atoms with Gasteiger partial charge in [0.1, 0.15) is 12.4 Å². The molecule has 9 heteroatoms. The summed E-state index contributed by atoms with van der Waals surface area (Å²) >= 11 is 13.2. The first-order valence-electron chi connectivity index (χ1n) is 8.80. The van der Waals surface area contributed by atoms with E-state index in [0.717, 1.165) is 11.3 Å². The van der Waals surface area contributed by atoms with Gasteiger partial charge in [-0.3, -0.25) is 4.79 Å². The molecule has 1 aromatic heterocycles. The number of rotatable bonds is 7. The summed E-state index contributed by atoms with van der Waals surface area (Å²) in [4.78, 5) is 12.2. The number of hydrogen-bond acceptors (Lipinski definition) is 5. The Bertz CT molecular complexity index is 1040. The summed E-state index contributed by atoms with van der Waals surface area (Å²) in [5.74, 6) is 1.47. The van der Waals surface area contributed by atoms with Crippen molar-refractivity contribution in [1.29, 1.82) is 0 Å². The number of ether oxygens (including phenoxy) is 1. The van der Waals surface area contributed by atoms with Crippen molar-refractivity contribution in [2.24, 2.45) is 7.05 Å². The van der Waals surface area contributed by atoms with Crippen LogP contribution in [0.5, 0.6) is 5.75 Å². The molecule has 29 heavy (non-hydrogen) atoms. The number of carbonyl (C=O) groups excluding carboxylic acids is 1. The molecule has 1 amide bonds. The van der Waals surface area contributed by atoms with Crippen LogP contribution in [0.3, 0.4) is 0 Å². The fourth-order valence-corrected chi connectivity index (χ4v) is 3.71. The van der Waals surface area contributed by atoms with Crippen LogP contribution in [0, 0.1) is 13.8 Å². The van der Waals surface area contributed by atoms with Crippen molar-refractivity contribution in [3.05, 3.63) is 63.4 Å². The van der Waals surface area contributed by atoms with E-state index >= 15 is 0 Å². The summed E-state index contributed by atoms with van der Waals surface area (Å²) in [6, 6.07) is 10.8. The Morgan fingerprint density at radius 2 is 2.00 bits per heavy atom. The van der Waals surface area contributed by atoms with Gasteiger partial charge in [-0.05, 0) is 49.2 Å². The first kappa shape index (κ1) is 21.5. The highest BCUT2D eigenvalue weighted by Gasteiger charge is 2.13. The molecule has 2 aromatic carbocycles. The van der Waals surface area contributed by atoms with Crippen LogP contribution in [0.15, 0.2) is 41.6 Å². The highest BCUT2D eigenvalue weighted by molar-refractivity contribution is 7.99. The van der Waals surface area contributed by atoms with E-state index in [9.17, 15) is 4.79 Å². The normalized spacial score (nSPS) is 10.8. The van der Waals surface area contributed by atoms with Gasteiger partial charge in [0, 0.05) is 12.1 Å². The van der Waals surface area contributed by atoms with E-state index in [1.54, 1.807) is 18.2 Å². The fourth-order valence-electron chi connectivity index (χ4n) is 2.53. The van der Waals surface area contributed by atoms with E-state index in [1.165, 1.54) is 17.3 Å². The average Bonchev–Trinajstić information content (AvgIpc) is 3.03. The summed E-state index contributed by atoms with van der Waals surface area (Å²) in [6.45, 7) is 4.36. The van der Waals surface area contributed by atoms with Gasteiger partial charge in [-0.15, -0.1) is 10.2 Å². The highest BCUT2D eigenvalue weighted by atomic mass is 35.5. The number of benzene rings is 2. The number of thioether (sulfide) groups is 1. The van der Waals surface area contributed by atoms with Gasteiger partial charge < -0.3 is 14.6 Å². The van der Waals surface area contributed by atoms with Crippen LogP contribution in [-0.4, -0.2) is 26.4 Å². The van der Waals surface area contributed by atoms with Gasteiger partial charge in [0.25, 0.3) is 0 Å². The van der Waals surface area contributed by atoms with E-state index in [1.807, 2.05) is 43.7 Å². The minimum atomic E-state index is -0.199. The van der Waals surface area contributed by atoms with Gasteiger partial charge in [0.15, 0.2) is 11.0 Å². The molecule has 0 saturated heterocycles. The zero-order chi connectivity index (χ0) is 21.0. The van der Waals surface area contributed by atoms with E-state index in [4.69, 9.17) is 27.9 Å². The lowest BCUT2D eigenvalue weighted by Gasteiger charge is -2.10. The van der Waals surface area contributed by atoms with Crippen molar-refractivity contribution >= 4 is 46.6 Å². The number of nitrogens with zero attached hydrogens (tertiary/aromatic N) is 3. The standard InChI is InChI=1S/C20H20Cl2N4O2S/c1-12-5-4-6-17(13(12)2)28-10-18-24-25-20(26(18)3)29-11-19(27)23-16-8-7-14(21)9-15(16)22/h4-9H,10-11H2,1-3H3,(H,23,27). The molecule has 6 nitrogen and oxygen atoms in total. The van der Waals surface area contributed by atoms with E-state index in [-0.39, 0.29) is 11.7 Å². The van der Waals surface area contributed by atoms with Gasteiger partial charge in [-0.1, -0.05) is 47.1 Å². The van der Waals surface area contributed by atoms with Crippen LogP contribution in [0.2, 0.25) is 10.0 Å². The van der Waals surface area contributed by atoms with Crippen molar-refractivity contribution in [3.8, 4) is 5.75 Å². The maximum atomic E-state index is 12.2. The van der Waals surface area contributed by atoms with Gasteiger partial charge in [0.05, 0.1) is 16.5 Å². The molecule has 0 radical (unpaired) electrons. The van der Waals surface area contributed by atoms with Crippen LogP contribution in [0.1, 0.15) is 17.0 Å². The Labute approximate surface area is 183 Å². The molecule has 3 rings (SSSR count). The van der Waals surface area contributed by atoms with Gasteiger partial charge in [0.2, 0.25) is 5.91 Å². The Hall–Kier alpha value is -2.22. The predicted octanol–water partition coefficient (Wildman–Crippen LogP) is 5.05. The number of aryl methyl sites for hydroxylation is 1. The number of nitrogens with one attached hydrogen (secondary N) is 1. The minimum Gasteiger partial charge on any atom is -0.485 e. The molecule has 0 atom stereocenters. The summed E-state index contributed by atoms with van der Waals surface area (Å²) < 4.78 is 7.71. The van der Waals surface area contributed by atoms with Crippen LogP contribution < -0.4 is 10.1 Å². The van der Waals surface area contributed by atoms with Crippen molar-refractivity contribution in [1.82, 2.24) is 14.8 Å². The molecular weight excluding hydrogens is 431 g/mol. The molecule has 152 valence electrons. The first-order valence-corrected chi connectivity index (χ1v) is 10.5. The lowest BCUT2D eigenvalue weighted by Crippen LogP contribution is -2.15. The quantitative estimate of drug-likeness (QED) is 0.510. The van der Waals surface area contributed by atoms with Crippen LogP contribution in [-0.2, 0) is 18.4 Å². The third-order valence-electron chi connectivity index (χ3n) is 4.37. The third-order valence-corrected chi connectivity index (χ3v) is 5.94. The zero-order valence-corrected chi connectivity index (χ0v) is 18.5. The van der Waals surface area contributed by atoms with Crippen LogP contribution in [0.25, 0.3) is 0 Å². The topological polar surface area (TPSA) is 69.0 Å². The van der Waals surface area contributed by atoms with E-state index in [2.05, 4.69) is 15.5 Å². The second-order valence-corrected chi connectivity index (χ2v) is 8.19. The summed E-state index contributed by atoms with van der Waals surface area (Å²) in [6.07, 6.45) is 0. The maximum Gasteiger partial charge on any atom is 0.234 e. The van der Waals surface area contributed by atoms with Crippen molar-refractivity contribution in [2.75, 3.05) is 11.1 Å². The summed E-state index contributed by atoms with van der Waals surface area (Å²) in [5.41, 5.74) is 2.78. The fraction of sp³-hybridized carbons (Fsp3) is 0.250. The minimum absolute atomic E-state index is 0.169. The van der Waals surface area contributed by atoms with Crippen LogP contribution in [0.4, 0.5) is 5.69 Å². The zero-order valence-electron chi connectivity index (χ0n) is 16.2. The molecule has 0 aliphatic carbocycles. The Morgan fingerprint density at radius 3 is 2.76 bits per heavy atom. The van der Waals surface area contributed by atoms with Gasteiger partial charge in [-0.25, -0.2) is 0 Å². The second-order valence-electron chi connectivity index (χ2n) is 6.41. The average molecular weight is 451 g/mol.